The summed E-state index contributed by atoms with van der Waals surface area (Å²) in [6.07, 6.45) is 3.57. The second-order valence-corrected chi connectivity index (χ2v) is 4.28. The van der Waals surface area contributed by atoms with Gasteiger partial charge in [0.1, 0.15) is 6.42 Å². The van der Waals surface area contributed by atoms with Gasteiger partial charge in [-0.3, -0.25) is 9.89 Å². The predicted molar refractivity (Wildman–Crippen MR) is 60.7 cm³/mol. The highest BCUT2D eigenvalue weighted by Crippen LogP contribution is 2.22. The maximum absolute atomic E-state index is 10.7. The van der Waals surface area contributed by atoms with Gasteiger partial charge in [-0.25, -0.2) is 4.99 Å². The molecule has 0 saturated heterocycles. The number of nitrogens with one attached hydrogen (secondary N) is 1. The number of nitrogens with zero attached hydrogens (tertiary/aromatic N) is 2. The van der Waals surface area contributed by atoms with E-state index in [-0.39, 0.29) is 5.41 Å². The second-order valence-electron chi connectivity index (χ2n) is 4.28. The number of carbonyl (C=O) groups is 1. The molecule has 0 aliphatic carbocycles. The third-order valence-corrected chi connectivity index (χ3v) is 1.94. The molecule has 0 spiro atoms. The molecule has 0 aliphatic heterocycles. The lowest BCUT2D eigenvalue weighted by molar-refractivity contribution is -0.135. The van der Waals surface area contributed by atoms with Crippen molar-refractivity contribution >= 4 is 18.0 Å². The SMILES string of the molecule is COC(=O)[C]C=Nc1cc(C(C)(C)C)[nH]n1. The Morgan fingerprint density at radius 2 is 2.31 bits per heavy atom. The van der Waals surface area contributed by atoms with Gasteiger partial charge in [0.25, 0.3) is 0 Å². The smallest absolute Gasteiger partial charge is 0.320 e. The van der Waals surface area contributed by atoms with Crippen molar-refractivity contribution in [1.82, 2.24) is 10.2 Å². The van der Waals surface area contributed by atoms with Crippen LogP contribution in [-0.4, -0.2) is 29.5 Å². The lowest BCUT2D eigenvalue weighted by Crippen LogP contribution is -2.11. The first kappa shape index (κ1) is 12.4. The monoisotopic (exact) mass is 221 g/mol. The lowest BCUT2D eigenvalue weighted by atomic mass is 9.92. The molecule has 2 radical (unpaired) electrons. The van der Waals surface area contributed by atoms with E-state index < -0.39 is 5.97 Å². The molecule has 0 amide bonds. The lowest BCUT2D eigenvalue weighted by Gasteiger charge is -2.14. The van der Waals surface area contributed by atoms with E-state index in [2.05, 4.69) is 47.1 Å². The molecular weight excluding hydrogens is 206 g/mol. The van der Waals surface area contributed by atoms with Crippen molar-refractivity contribution in [3.05, 3.63) is 18.2 Å². The Hall–Kier alpha value is -1.65. The zero-order valence-corrected chi connectivity index (χ0v) is 9.87. The number of carbonyl (C=O) groups excluding carboxylic acids is 1. The van der Waals surface area contributed by atoms with Crippen molar-refractivity contribution in [3.63, 3.8) is 0 Å². The number of esters is 1. The standard InChI is InChI=1S/C11H15N3O2/c1-11(2,3)8-7-9(14-13-8)12-6-5-10(15)16-4/h6-7H,1-4H3,(H,13,14). The van der Waals surface area contributed by atoms with E-state index in [1.165, 1.54) is 13.3 Å². The summed E-state index contributed by atoms with van der Waals surface area (Å²) in [4.78, 5) is 14.7. The van der Waals surface area contributed by atoms with Gasteiger partial charge < -0.3 is 4.74 Å². The van der Waals surface area contributed by atoms with E-state index in [0.29, 0.717) is 5.82 Å². The highest BCUT2D eigenvalue weighted by atomic mass is 16.5. The van der Waals surface area contributed by atoms with Crippen LogP contribution in [0.5, 0.6) is 0 Å². The fraction of sp³-hybridized carbons (Fsp3) is 0.455. The van der Waals surface area contributed by atoms with E-state index in [4.69, 9.17) is 0 Å². The molecule has 0 atom stereocenters. The zero-order valence-electron chi connectivity index (χ0n) is 9.87. The first-order chi connectivity index (χ1) is 7.43. The number of aromatic nitrogens is 2. The van der Waals surface area contributed by atoms with Gasteiger partial charge in [-0.15, -0.1) is 0 Å². The van der Waals surface area contributed by atoms with Gasteiger partial charge in [-0.2, -0.15) is 5.10 Å². The number of methoxy groups -OCH3 is 1. The maximum Gasteiger partial charge on any atom is 0.320 e. The van der Waals surface area contributed by atoms with E-state index in [1.54, 1.807) is 0 Å². The predicted octanol–water partition coefficient (Wildman–Crippen LogP) is 1.66. The minimum Gasteiger partial charge on any atom is -0.468 e. The van der Waals surface area contributed by atoms with Gasteiger partial charge in [0, 0.05) is 23.4 Å². The third-order valence-electron chi connectivity index (χ3n) is 1.94. The minimum absolute atomic E-state index is 0.00342. The van der Waals surface area contributed by atoms with Crippen LogP contribution in [0.25, 0.3) is 0 Å². The molecule has 16 heavy (non-hydrogen) atoms. The number of ether oxygens (including phenoxy) is 1. The Balaban J connectivity index is 2.62. The van der Waals surface area contributed by atoms with Gasteiger partial charge in [0.2, 0.25) is 0 Å². The molecule has 1 N–H and O–H groups in total. The Morgan fingerprint density at radius 1 is 1.62 bits per heavy atom. The normalized spacial score (nSPS) is 12.0. The van der Waals surface area contributed by atoms with Crippen LogP contribution in [0, 0.1) is 6.42 Å². The highest BCUT2D eigenvalue weighted by molar-refractivity contribution is 5.98. The van der Waals surface area contributed by atoms with Crippen molar-refractivity contribution < 1.29 is 9.53 Å². The summed E-state index contributed by atoms with van der Waals surface area (Å²) < 4.78 is 4.38. The average Bonchev–Trinajstić information content (AvgIpc) is 2.65. The molecule has 0 aliphatic rings. The molecule has 5 heteroatoms. The largest absolute Gasteiger partial charge is 0.468 e. The van der Waals surface area contributed by atoms with E-state index in [1.807, 2.05) is 6.07 Å². The molecule has 1 heterocycles. The molecular formula is C11H15N3O2. The molecule has 5 nitrogen and oxygen atoms in total. The second kappa shape index (κ2) is 4.92. The quantitative estimate of drug-likeness (QED) is 0.623. The first-order valence-corrected chi connectivity index (χ1v) is 4.86. The van der Waals surface area contributed by atoms with Crippen LogP contribution in [0.15, 0.2) is 11.1 Å². The molecule has 0 bridgehead atoms. The number of aromatic amines is 1. The van der Waals surface area contributed by atoms with Gasteiger partial charge >= 0.3 is 5.97 Å². The average molecular weight is 221 g/mol. The van der Waals surface area contributed by atoms with Gasteiger partial charge in [-0.1, -0.05) is 20.8 Å². The van der Waals surface area contributed by atoms with E-state index >= 15 is 0 Å². The molecule has 86 valence electrons. The number of hydrogen-bond acceptors (Lipinski definition) is 4. The Labute approximate surface area is 94.9 Å². The molecule has 1 aromatic rings. The van der Waals surface area contributed by atoms with Crippen LogP contribution in [0.3, 0.4) is 0 Å². The van der Waals surface area contributed by atoms with Gasteiger partial charge in [-0.05, 0) is 0 Å². The molecule has 0 fully saturated rings. The Kier molecular flexibility index (Phi) is 3.82. The molecule has 0 saturated carbocycles. The summed E-state index contributed by atoms with van der Waals surface area (Å²) in [7, 11) is 1.29. The number of rotatable bonds is 3. The number of hydrogen-bond donors (Lipinski definition) is 1. The van der Waals surface area contributed by atoms with Crippen LogP contribution >= 0.6 is 0 Å². The number of H-pyrrole nitrogens is 1. The third kappa shape index (κ3) is 3.49. The topological polar surface area (TPSA) is 67.3 Å². The summed E-state index contributed by atoms with van der Waals surface area (Å²) in [5, 5.41) is 6.88. The summed E-state index contributed by atoms with van der Waals surface area (Å²) in [5.74, 6) is -0.0448. The van der Waals surface area contributed by atoms with Crippen LogP contribution in [0.2, 0.25) is 0 Å². The number of aliphatic imine (C=N–C) groups is 1. The molecule has 1 aromatic heterocycles. The fourth-order valence-corrected chi connectivity index (χ4v) is 0.972. The van der Waals surface area contributed by atoms with Crippen molar-refractivity contribution in [2.75, 3.05) is 7.11 Å². The first-order valence-electron chi connectivity index (χ1n) is 4.86. The van der Waals surface area contributed by atoms with Crippen LogP contribution < -0.4 is 0 Å². The zero-order chi connectivity index (χ0) is 12.2. The van der Waals surface area contributed by atoms with Crippen molar-refractivity contribution in [2.24, 2.45) is 4.99 Å². The summed E-state index contributed by atoms with van der Waals surface area (Å²) in [5.41, 5.74) is 0.981. The Bertz CT molecular complexity index is 388. The fourth-order valence-electron chi connectivity index (χ4n) is 0.972. The van der Waals surface area contributed by atoms with E-state index in [9.17, 15) is 4.79 Å². The van der Waals surface area contributed by atoms with Gasteiger partial charge in [0.15, 0.2) is 5.82 Å². The van der Waals surface area contributed by atoms with E-state index in [0.717, 1.165) is 5.69 Å². The van der Waals surface area contributed by atoms with Crippen LogP contribution in [0.4, 0.5) is 5.82 Å². The van der Waals surface area contributed by atoms with Crippen LogP contribution in [-0.2, 0) is 14.9 Å². The van der Waals surface area contributed by atoms with Gasteiger partial charge in [0.05, 0.1) is 7.11 Å². The minimum atomic E-state index is -0.560. The summed E-state index contributed by atoms with van der Waals surface area (Å²) >= 11 is 0. The maximum atomic E-state index is 10.7. The molecule has 1 rings (SSSR count). The van der Waals surface area contributed by atoms with Crippen molar-refractivity contribution in [2.45, 2.75) is 26.2 Å². The molecule has 0 unspecified atom stereocenters. The van der Waals surface area contributed by atoms with Crippen LogP contribution in [0.1, 0.15) is 26.5 Å². The highest BCUT2D eigenvalue weighted by Gasteiger charge is 2.16. The van der Waals surface area contributed by atoms with Crippen molar-refractivity contribution in [3.8, 4) is 0 Å². The molecule has 0 aromatic carbocycles. The van der Waals surface area contributed by atoms with Crippen molar-refractivity contribution in [1.29, 1.82) is 0 Å². The summed E-state index contributed by atoms with van der Waals surface area (Å²) in [6, 6.07) is 1.83. The Morgan fingerprint density at radius 3 is 2.81 bits per heavy atom. The summed E-state index contributed by atoms with van der Waals surface area (Å²) in [6.45, 7) is 6.21.